The molecule has 0 radical (unpaired) electrons. The van der Waals surface area contributed by atoms with Crippen LogP contribution in [0.15, 0.2) is 24.5 Å². The van der Waals surface area contributed by atoms with Crippen molar-refractivity contribution in [2.24, 2.45) is 5.73 Å². The average molecular weight is 232 g/mol. The zero-order chi connectivity index (χ0) is 11.7. The highest BCUT2D eigenvalue weighted by molar-refractivity contribution is 5.61. The first kappa shape index (κ1) is 10.1. The zero-order valence-electron chi connectivity index (χ0n) is 9.17. The first-order valence-corrected chi connectivity index (χ1v) is 5.36. The van der Waals surface area contributed by atoms with Gasteiger partial charge in [-0.25, -0.2) is 4.98 Å². The average Bonchev–Trinajstić information content (AvgIpc) is 2.96. The smallest absolute Gasteiger partial charge is 0.231 e. The van der Waals surface area contributed by atoms with Gasteiger partial charge in [0.15, 0.2) is 17.3 Å². The third kappa shape index (κ3) is 1.83. The lowest BCUT2D eigenvalue weighted by molar-refractivity contribution is 0.174. The molecule has 0 saturated carbocycles. The van der Waals surface area contributed by atoms with Crippen LogP contribution in [0.4, 0.5) is 0 Å². The van der Waals surface area contributed by atoms with Gasteiger partial charge in [0.2, 0.25) is 6.79 Å². The Morgan fingerprint density at radius 2 is 2.18 bits per heavy atom. The molecule has 88 valence electrons. The molecular formula is C11H12N4O2. The quantitative estimate of drug-likeness (QED) is 0.840. The summed E-state index contributed by atoms with van der Waals surface area (Å²) in [6.07, 6.45) is 1.67. The van der Waals surface area contributed by atoms with E-state index in [4.69, 9.17) is 15.2 Å². The van der Waals surface area contributed by atoms with E-state index >= 15 is 0 Å². The minimum absolute atomic E-state index is 0.272. The maximum atomic E-state index is 5.46. The number of hydrogen-bond donors (Lipinski definition) is 1. The predicted molar refractivity (Wildman–Crippen MR) is 60.6 cm³/mol. The summed E-state index contributed by atoms with van der Waals surface area (Å²) in [5.41, 5.74) is 6.36. The molecule has 6 nitrogen and oxygen atoms in total. The molecule has 0 unspecified atom stereocenters. The van der Waals surface area contributed by atoms with Crippen LogP contribution in [0, 0.1) is 0 Å². The van der Waals surface area contributed by atoms with E-state index in [1.165, 1.54) is 0 Å². The zero-order valence-corrected chi connectivity index (χ0v) is 9.17. The molecule has 0 atom stereocenters. The largest absolute Gasteiger partial charge is 0.454 e. The summed E-state index contributed by atoms with van der Waals surface area (Å²) in [5.74, 6) is 2.16. The number of rotatable bonds is 3. The summed E-state index contributed by atoms with van der Waals surface area (Å²) >= 11 is 0. The lowest BCUT2D eigenvalue weighted by Crippen LogP contribution is -2.10. The van der Waals surface area contributed by atoms with Crippen molar-refractivity contribution >= 4 is 0 Å². The molecule has 0 spiro atoms. The van der Waals surface area contributed by atoms with Gasteiger partial charge >= 0.3 is 0 Å². The van der Waals surface area contributed by atoms with Crippen LogP contribution in [0.3, 0.4) is 0 Å². The minimum atomic E-state index is 0.272. The highest BCUT2D eigenvalue weighted by Crippen LogP contribution is 2.34. The van der Waals surface area contributed by atoms with Crippen LogP contribution in [0.25, 0.3) is 11.4 Å². The Morgan fingerprint density at radius 3 is 3.06 bits per heavy atom. The monoisotopic (exact) mass is 232 g/mol. The molecule has 2 aromatic rings. The van der Waals surface area contributed by atoms with Gasteiger partial charge in [-0.1, -0.05) is 0 Å². The highest BCUT2D eigenvalue weighted by Gasteiger charge is 2.15. The summed E-state index contributed by atoms with van der Waals surface area (Å²) in [7, 11) is 0. The van der Waals surface area contributed by atoms with Crippen molar-refractivity contribution in [2.45, 2.75) is 6.54 Å². The van der Waals surface area contributed by atoms with Gasteiger partial charge in [0, 0.05) is 12.1 Å². The molecular weight excluding hydrogens is 220 g/mol. The fourth-order valence-electron chi connectivity index (χ4n) is 1.70. The number of aromatic nitrogens is 3. The molecule has 1 aliphatic rings. The summed E-state index contributed by atoms with van der Waals surface area (Å²) in [6.45, 7) is 1.48. The van der Waals surface area contributed by atoms with E-state index in [0.29, 0.717) is 18.9 Å². The van der Waals surface area contributed by atoms with Crippen molar-refractivity contribution in [3.63, 3.8) is 0 Å². The van der Waals surface area contributed by atoms with Gasteiger partial charge in [-0.05, 0) is 18.2 Å². The topological polar surface area (TPSA) is 75.2 Å². The Kier molecular flexibility index (Phi) is 2.41. The number of fused-ring (bicyclic) bond motifs is 1. The minimum Gasteiger partial charge on any atom is -0.454 e. The number of ether oxygens (including phenoxy) is 2. The fraction of sp³-hybridized carbons (Fsp3) is 0.273. The third-order valence-corrected chi connectivity index (χ3v) is 2.53. The van der Waals surface area contributed by atoms with E-state index in [2.05, 4.69) is 10.1 Å². The number of hydrogen-bond acceptors (Lipinski definition) is 5. The van der Waals surface area contributed by atoms with Crippen molar-refractivity contribution in [3.05, 3.63) is 24.5 Å². The van der Waals surface area contributed by atoms with Crippen molar-refractivity contribution < 1.29 is 9.47 Å². The summed E-state index contributed by atoms with van der Waals surface area (Å²) in [5, 5.41) is 4.32. The molecule has 0 fully saturated rings. The summed E-state index contributed by atoms with van der Waals surface area (Å²) in [6, 6.07) is 5.65. The van der Waals surface area contributed by atoms with Crippen LogP contribution in [-0.2, 0) is 6.54 Å². The van der Waals surface area contributed by atoms with Crippen LogP contribution < -0.4 is 15.2 Å². The Hall–Kier alpha value is -2.08. The molecule has 2 N–H and O–H groups in total. The second-order valence-electron chi connectivity index (χ2n) is 3.69. The van der Waals surface area contributed by atoms with Crippen molar-refractivity contribution in [1.82, 2.24) is 14.8 Å². The molecule has 1 aromatic heterocycles. The molecule has 0 aliphatic carbocycles. The van der Waals surface area contributed by atoms with Crippen molar-refractivity contribution in [3.8, 4) is 22.9 Å². The third-order valence-electron chi connectivity index (χ3n) is 2.53. The summed E-state index contributed by atoms with van der Waals surface area (Å²) in [4.78, 5) is 4.23. The van der Waals surface area contributed by atoms with Gasteiger partial charge in [0.25, 0.3) is 0 Å². The number of nitrogens with zero attached hydrogens (tertiary/aromatic N) is 3. The molecule has 0 amide bonds. The van der Waals surface area contributed by atoms with Crippen molar-refractivity contribution in [1.29, 1.82) is 0 Å². The van der Waals surface area contributed by atoms with Crippen LogP contribution in [-0.4, -0.2) is 28.1 Å². The van der Waals surface area contributed by atoms with Gasteiger partial charge < -0.3 is 15.2 Å². The Labute approximate surface area is 98.0 Å². The molecule has 17 heavy (non-hydrogen) atoms. The first-order valence-electron chi connectivity index (χ1n) is 5.36. The van der Waals surface area contributed by atoms with E-state index < -0.39 is 0 Å². The van der Waals surface area contributed by atoms with E-state index in [9.17, 15) is 0 Å². The lowest BCUT2D eigenvalue weighted by Gasteiger charge is -1.99. The van der Waals surface area contributed by atoms with Crippen molar-refractivity contribution in [2.75, 3.05) is 13.3 Å². The van der Waals surface area contributed by atoms with Crippen LogP contribution >= 0.6 is 0 Å². The lowest BCUT2D eigenvalue weighted by atomic mass is 10.2. The fourth-order valence-corrected chi connectivity index (χ4v) is 1.70. The SMILES string of the molecule is NCCn1cnc(-c2ccc3c(c2)OCO3)n1. The maximum absolute atomic E-state index is 5.46. The highest BCUT2D eigenvalue weighted by atomic mass is 16.7. The van der Waals surface area contributed by atoms with E-state index in [-0.39, 0.29) is 6.79 Å². The van der Waals surface area contributed by atoms with E-state index in [1.807, 2.05) is 18.2 Å². The molecule has 3 rings (SSSR count). The molecule has 0 saturated heterocycles. The normalized spacial score (nSPS) is 13.0. The van der Waals surface area contributed by atoms with Gasteiger partial charge in [-0.3, -0.25) is 4.68 Å². The predicted octanol–water partition coefficient (Wildman–Crippen LogP) is 0.632. The second-order valence-corrected chi connectivity index (χ2v) is 3.69. The van der Waals surface area contributed by atoms with Gasteiger partial charge in [-0.15, -0.1) is 0 Å². The maximum Gasteiger partial charge on any atom is 0.231 e. The second kappa shape index (κ2) is 4.06. The first-order chi connectivity index (χ1) is 8.36. The molecule has 2 heterocycles. The van der Waals surface area contributed by atoms with Gasteiger partial charge in [-0.2, -0.15) is 5.10 Å². The Bertz CT molecular complexity index is 538. The van der Waals surface area contributed by atoms with E-state index in [1.54, 1.807) is 11.0 Å². The molecule has 1 aromatic carbocycles. The van der Waals surface area contributed by atoms with Gasteiger partial charge in [0.05, 0.1) is 6.54 Å². The standard InChI is InChI=1S/C11H12N4O2/c12-3-4-15-6-13-11(14-15)8-1-2-9-10(5-8)17-7-16-9/h1-2,5-6H,3-4,7,12H2. The number of nitrogens with two attached hydrogens (primary N) is 1. The Balaban J connectivity index is 1.92. The van der Waals surface area contributed by atoms with Crippen LogP contribution in [0.5, 0.6) is 11.5 Å². The summed E-state index contributed by atoms with van der Waals surface area (Å²) < 4.78 is 12.3. The molecule has 1 aliphatic heterocycles. The Morgan fingerprint density at radius 1 is 1.29 bits per heavy atom. The van der Waals surface area contributed by atoms with Gasteiger partial charge in [0.1, 0.15) is 6.33 Å². The van der Waals surface area contributed by atoms with Crippen LogP contribution in [0.1, 0.15) is 0 Å². The van der Waals surface area contributed by atoms with E-state index in [0.717, 1.165) is 17.1 Å². The number of benzene rings is 1. The van der Waals surface area contributed by atoms with Crippen LogP contribution in [0.2, 0.25) is 0 Å². The molecule has 0 bridgehead atoms. The molecule has 6 heteroatoms.